The lowest BCUT2D eigenvalue weighted by Gasteiger charge is -2.21. The summed E-state index contributed by atoms with van der Waals surface area (Å²) >= 11 is 4.63. The number of hydrogen-bond donors (Lipinski definition) is 0. The van der Waals surface area contributed by atoms with Crippen molar-refractivity contribution >= 4 is 39.4 Å². The molecule has 0 N–H and O–H groups in total. The molecule has 84 valence electrons. The van der Waals surface area contributed by atoms with Crippen molar-refractivity contribution in [2.45, 2.75) is 11.0 Å². The van der Waals surface area contributed by atoms with Gasteiger partial charge < -0.3 is 4.74 Å². The second-order valence-electron chi connectivity index (χ2n) is 3.38. The Bertz CT molecular complexity index is 459. The smallest absolute Gasteiger partial charge is 0.326 e. The predicted molar refractivity (Wildman–Crippen MR) is 65.6 cm³/mol. The lowest BCUT2D eigenvalue weighted by Crippen LogP contribution is -2.32. The Morgan fingerprint density at radius 2 is 2.31 bits per heavy atom. The van der Waals surface area contributed by atoms with E-state index in [4.69, 9.17) is 0 Å². The zero-order valence-electron chi connectivity index (χ0n) is 8.53. The third-order valence-corrected chi connectivity index (χ3v) is 4.11. The first-order valence-corrected chi connectivity index (χ1v) is 6.49. The molecule has 1 aliphatic rings. The van der Waals surface area contributed by atoms with Gasteiger partial charge in [0, 0.05) is 15.8 Å². The van der Waals surface area contributed by atoms with E-state index in [1.54, 1.807) is 6.07 Å². The Hall–Kier alpha value is -0.810. The van der Waals surface area contributed by atoms with E-state index in [0.717, 1.165) is 10.0 Å². The summed E-state index contributed by atoms with van der Waals surface area (Å²) in [5.74, 6) is 0.0220. The van der Waals surface area contributed by atoms with Crippen molar-refractivity contribution in [1.82, 2.24) is 0 Å². The molecule has 0 aliphatic carbocycles. The molecule has 0 bridgehead atoms. The SMILES string of the molecule is COC(=O)C1SCc2ccc(Br)cc2C1=O. The topological polar surface area (TPSA) is 43.4 Å². The summed E-state index contributed by atoms with van der Waals surface area (Å²) in [5.41, 5.74) is 1.59. The van der Waals surface area contributed by atoms with Gasteiger partial charge in [0.25, 0.3) is 0 Å². The van der Waals surface area contributed by atoms with Crippen LogP contribution in [-0.2, 0) is 15.3 Å². The highest BCUT2D eigenvalue weighted by Crippen LogP contribution is 2.32. The number of carbonyl (C=O) groups is 2. The third kappa shape index (κ3) is 2.01. The van der Waals surface area contributed by atoms with Crippen LogP contribution in [0.3, 0.4) is 0 Å². The third-order valence-electron chi connectivity index (χ3n) is 2.40. The molecule has 0 spiro atoms. The molecular weight excluding hydrogens is 292 g/mol. The summed E-state index contributed by atoms with van der Waals surface area (Å²) in [5, 5.41) is -0.716. The molecule has 0 saturated carbocycles. The molecule has 1 atom stereocenters. The summed E-state index contributed by atoms with van der Waals surface area (Å²) in [6.07, 6.45) is 0. The minimum absolute atomic E-state index is 0.167. The Kier molecular flexibility index (Phi) is 3.35. The van der Waals surface area contributed by atoms with Gasteiger partial charge >= 0.3 is 5.97 Å². The van der Waals surface area contributed by atoms with E-state index in [2.05, 4.69) is 20.7 Å². The van der Waals surface area contributed by atoms with E-state index < -0.39 is 11.2 Å². The van der Waals surface area contributed by atoms with Crippen LogP contribution in [0.5, 0.6) is 0 Å². The minimum atomic E-state index is -0.716. The number of thioether (sulfide) groups is 1. The van der Waals surface area contributed by atoms with Crippen molar-refractivity contribution in [2.75, 3.05) is 7.11 Å². The molecule has 1 unspecified atom stereocenters. The average Bonchev–Trinajstić information content (AvgIpc) is 2.29. The number of carbonyl (C=O) groups excluding carboxylic acids is 2. The monoisotopic (exact) mass is 300 g/mol. The molecule has 0 saturated heterocycles. The van der Waals surface area contributed by atoms with Crippen molar-refractivity contribution in [2.24, 2.45) is 0 Å². The fourth-order valence-corrected chi connectivity index (χ4v) is 3.05. The average molecular weight is 301 g/mol. The maximum Gasteiger partial charge on any atom is 0.326 e. The molecular formula is C11H9BrO3S. The zero-order valence-corrected chi connectivity index (χ0v) is 10.9. The Morgan fingerprint density at radius 1 is 1.56 bits per heavy atom. The Labute approximate surface area is 106 Å². The number of halogens is 1. The van der Waals surface area contributed by atoms with Gasteiger partial charge in [0.05, 0.1) is 7.11 Å². The fourth-order valence-electron chi connectivity index (χ4n) is 1.58. The van der Waals surface area contributed by atoms with Crippen LogP contribution in [-0.4, -0.2) is 24.1 Å². The highest BCUT2D eigenvalue weighted by Gasteiger charge is 2.34. The Balaban J connectivity index is 2.38. The fraction of sp³-hybridized carbons (Fsp3) is 0.273. The van der Waals surface area contributed by atoms with Crippen LogP contribution in [0.25, 0.3) is 0 Å². The first-order valence-electron chi connectivity index (χ1n) is 4.65. The molecule has 2 rings (SSSR count). The van der Waals surface area contributed by atoms with E-state index in [-0.39, 0.29) is 5.78 Å². The van der Waals surface area contributed by atoms with Gasteiger partial charge in [-0.05, 0) is 17.7 Å². The van der Waals surface area contributed by atoms with E-state index in [1.165, 1.54) is 18.9 Å². The van der Waals surface area contributed by atoms with Crippen LogP contribution in [0.1, 0.15) is 15.9 Å². The maximum absolute atomic E-state index is 12.0. The number of ether oxygens (including phenoxy) is 1. The van der Waals surface area contributed by atoms with Gasteiger partial charge in [-0.15, -0.1) is 11.8 Å². The van der Waals surface area contributed by atoms with Crippen molar-refractivity contribution in [1.29, 1.82) is 0 Å². The van der Waals surface area contributed by atoms with Crippen LogP contribution in [0, 0.1) is 0 Å². The zero-order chi connectivity index (χ0) is 11.7. The largest absolute Gasteiger partial charge is 0.468 e. The van der Waals surface area contributed by atoms with Gasteiger partial charge in [0.15, 0.2) is 11.0 Å². The number of ketones is 1. The van der Waals surface area contributed by atoms with E-state index in [9.17, 15) is 9.59 Å². The predicted octanol–water partition coefficient (Wildman–Crippen LogP) is 2.42. The lowest BCUT2D eigenvalue weighted by atomic mass is 10.0. The van der Waals surface area contributed by atoms with Gasteiger partial charge in [0.2, 0.25) is 0 Å². The maximum atomic E-state index is 12.0. The Morgan fingerprint density at radius 3 is 3.00 bits per heavy atom. The molecule has 1 aromatic carbocycles. The number of benzene rings is 1. The van der Waals surface area contributed by atoms with Crippen molar-refractivity contribution in [3.05, 3.63) is 33.8 Å². The number of hydrogen-bond acceptors (Lipinski definition) is 4. The lowest BCUT2D eigenvalue weighted by molar-refractivity contribution is -0.138. The van der Waals surface area contributed by atoms with Crippen molar-refractivity contribution in [3.63, 3.8) is 0 Å². The summed E-state index contributed by atoms with van der Waals surface area (Å²) in [6, 6.07) is 5.55. The summed E-state index contributed by atoms with van der Waals surface area (Å²) in [7, 11) is 1.30. The van der Waals surface area contributed by atoms with Gasteiger partial charge in [-0.2, -0.15) is 0 Å². The molecule has 1 aliphatic heterocycles. The van der Waals surface area contributed by atoms with Crippen molar-refractivity contribution < 1.29 is 14.3 Å². The number of rotatable bonds is 1. The van der Waals surface area contributed by atoms with Crippen LogP contribution < -0.4 is 0 Å². The second kappa shape index (κ2) is 4.59. The number of fused-ring (bicyclic) bond motifs is 1. The van der Waals surface area contributed by atoms with Crippen LogP contribution in [0.15, 0.2) is 22.7 Å². The molecule has 0 radical (unpaired) electrons. The van der Waals surface area contributed by atoms with Crippen LogP contribution >= 0.6 is 27.7 Å². The van der Waals surface area contributed by atoms with Gasteiger partial charge in [0.1, 0.15) is 0 Å². The molecule has 16 heavy (non-hydrogen) atoms. The summed E-state index contributed by atoms with van der Waals surface area (Å²) < 4.78 is 5.46. The number of methoxy groups -OCH3 is 1. The molecule has 1 aromatic rings. The number of Topliss-reactive ketones (excluding diaryl/α,β-unsaturated/α-hetero) is 1. The standard InChI is InChI=1S/C11H9BrO3S/c1-15-11(14)10-9(13)8-4-7(12)3-2-6(8)5-16-10/h2-4,10H,5H2,1H3. The molecule has 0 amide bonds. The van der Waals surface area contributed by atoms with E-state index >= 15 is 0 Å². The summed E-state index contributed by atoms with van der Waals surface area (Å²) in [6.45, 7) is 0. The van der Waals surface area contributed by atoms with Crippen LogP contribution in [0.4, 0.5) is 0 Å². The molecule has 0 aromatic heterocycles. The van der Waals surface area contributed by atoms with Crippen molar-refractivity contribution in [3.8, 4) is 0 Å². The molecule has 3 nitrogen and oxygen atoms in total. The van der Waals surface area contributed by atoms with Gasteiger partial charge in [-0.25, -0.2) is 0 Å². The van der Waals surface area contributed by atoms with E-state index in [0.29, 0.717) is 11.3 Å². The van der Waals surface area contributed by atoms with E-state index in [1.807, 2.05) is 12.1 Å². The summed E-state index contributed by atoms with van der Waals surface area (Å²) in [4.78, 5) is 23.4. The second-order valence-corrected chi connectivity index (χ2v) is 5.39. The van der Waals surface area contributed by atoms with Gasteiger partial charge in [-0.1, -0.05) is 22.0 Å². The minimum Gasteiger partial charge on any atom is -0.468 e. The molecule has 0 fully saturated rings. The quantitative estimate of drug-likeness (QED) is 0.590. The molecule has 5 heteroatoms. The normalized spacial score (nSPS) is 19.1. The first-order chi connectivity index (χ1) is 7.63. The highest BCUT2D eigenvalue weighted by molar-refractivity contribution is 9.10. The highest BCUT2D eigenvalue weighted by atomic mass is 79.9. The van der Waals surface area contributed by atoms with Crippen LogP contribution in [0.2, 0.25) is 0 Å². The van der Waals surface area contributed by atoms with Gasteiger partial charge in [-0.3, -0.25) is 9.59 Å². The first kappa shape index (κ1) is 11.7. The number of esters is 1. The molecule has 1 heterocycles.